The molecule has 0 atom stereocenters. The van der Waals surface area contributed by atoms with Gasteiger partial charge in [0.15, 0.2) is 5.96 Å². The summed E-state index contributed by atoms with van der Waals surface area (Å²) in [6.45, 7) is 12.8. The molecule has 0 bridgehead atoms. The summed E-state index contributed by atoms with van der Waals surface area (Å²) in [5.41, 5.74) is 10.5. The quantitative estimate of drug-likeness (QED) is 0.0440. The minimum atomic E-state index is 0. The van der Waals surface area contributed by atoms with E-state index in [-0.39, 0.29) is 30.8 Å². The predicted octanol–water partition coefficient (Wildman–Crippen LogP) is 7.42. The van der Waals surface area contributed by atoms with Gasteiger partial charge in [-0.05, 0) is 38.0 Å². The van der Waals surface area contributed by atoms with Crippen molar-refractivity contribution >= 4 is 18.4 Å². The molecule has 0 aromatic rings. The molecule has 0 aliphatic carbocycles. The van der Waals surface area contributed by atoms with E-state index in [2.05, 4.69) is 46.8 Å². The maximum Gasteiger partial charge on any atom is 0.185 e. The van der Waals surface area contributed by atoms with Crippen LogP contribution in [0, 0.1) is 5.92 Å². The average Bonchev–Trinajstić information content (AvgIpc) is 2.86. The Morgan fingerprint density at radius 3 is 1.23 bits per heavy atom. The average molecular weight is 612 g/mol. The van der Waals surface area contributed by atoms with E-state index in [1.165, 1.54) is 159 Å². The van der Waals surface area contributed by atoms with Crippen LogP contribution in [0.1, 0.15) is 175 Å². The number of unbranched alkanes of at least 4 members (excludes halogenated alkanes) is 19. The molecule has 0 spiro atoms. The molecule has 40 heavy (non-hydrogen) atoms. The molecule has 0 saturated carbocycles. The molecule has 4 nitrogen and oxygen atoms in total. The SMILES string of the molecule is CCCCCCCCCCCCN=C(N)N.CCCCCCCCCC[N+](C)(C)CCCCCCC(C)C.Cl.[Cl-]. The lowest BCUT2D eigenvalue weighted by atomic mass is 10.0. The second-order valence-corrected chi connectivity index (χ2v) is 12.9. The third kappa shape index (κ3) is 44.8. The van der Waals surface area contributed by atoms with Crippen LogP contribution >= 0.6 is 12.4 Å². The van der Waals surface area contributed by atoms with Crippen molar-refractivity contribution in [2.75, 3.05) is 33.7 Å². The molecule has 0 aliphatic heterocycles. The molecule has 0 saturated heterocycles. The number of aliphatic imine (C=N–C) groups is 1. The fourth-order valence-electron chi connectivity index (χ4n) is 5.04. The van der Waals surface area contributed by atoms with Crippen LogP contribution in [0.4, 0.5) is 0 Å². The number of quaternary nitrogens is 1. The second-order valence-electron chi connectivity index (χ2n) is 12.9. The summed E-state index contributed by atoms with van der Waals surface area (Å²) in [6, 6.07) is 0. The summed E-state index contributed by atoms with van der Waals surface area (Å²) in [5.74, 6) is 1.10. The molecule has 0 aromatic carbocycles. The Bertz CT molecular complexity index is 481. The van der Waals surface area contributed by atoms with E-state index in [9.17, 15) is 0 Å². The minimum absolute atomic E-state index is 0. The van der Waals surface area contributed by atoms with Gasteiger partial charge in [0.1, 0.15) is 0 Å². The van der Waals surface area contributed by atoms with Crippen LogP contribution in [0.3, 0.4) is 0 Å². The van der Waals surface area contributed by atoms with Crippen molar-refractivity contribution in [3.8, 4) is 0 Å². The first-order valence-electron chi connectivity index (χ1n) is 17.1. The third-order valence-corrected chi connectivity index (χ3v) is 7.72. The number of nitrogens with two attached hydrogens (primary N) is 2. The van der Waals surface area contributed by atoms with E-state index in [1.807, 2.05) is 0 Å². The van der Waals surface area contributed by atoms with E-state index in [1.54, 1.807) is 0 Å². The van der Waals surface area contributed by atoms with Gasteiger partial charge < -0.3 is 28.4 Å². The van der Waals surface area contributed by atoms with Gasteiger partial charge in [0, 0.05) is 6.54 Å². The van der Waals surface area contributed by atoms with Crippen molar-refractivity contribution in [3.05, 3.63) is 0 Å². The monoisotopic (exact) mass is 611 g/mol. The fraction of sp³-hybridized carbons (Fsp3) is 0.971. The summed E-state index contributed by atoms with van der Waals surface area (Å²) < 4.78 is 1.24. The van der Waals surface area contributed by atoms with Crippen LogP contribution < -0.4 is 23.9 Å². The summed E-state index contributed by atoms with van der Waals surface area (Å²) in [6.07, 6.45) is 32.1. The molecule has 4 N–H and O–H groups in total. The molecule has 6 heteroatoms. The summed E-state index contributed by atoms with van der Waals surface area (Å²) in [7, 11) is 4.85. The first kappa shape index (κ1) is 46.8. The van der Waals surface area contributed by atoms with Gasteiger partial charge >= 0.3 is 0 Å². The molecule has 0 unspecified atom stereocenters. The highest BCUT2D eigenvalue weighted by Crippen LogP contribution is 2.13. The van der Waals surface area contributed by atoms with Crippen molar-refractivity contribution in [2.45, 2.75) is 175 Å². The lowest BCUT2D eigenvalue weighted by Crippen LogP contribution is -3.00. The number of halogens is 2. The van der Waals surface area contributed by atoms with Crippen molar-refractivity contribution < 1.29 is 16.9 Å². The maximum atomic E-state index is 5.24. The van der Waals surface area contributed by atoms with Crippen LogP contribution in [0.25, 0.3) is 0 Å². The smallest absolute Gasteiger partial charge is 0.185 e. The first-order valence-corrected chi connectivity index (χ1v) is 17.1. The molecule has 0 aliphatic rings. The standard InChI is InChI=1S/C21H46N.C13H29N3.2ClH/c1-6-7-8-9-10-11-13-16-19-22(4,5)20-17-14-12-15-18-21(2)3;1-2-3-4-5-6-7-8-9-10-11-12-16-13(14)15;;/h21H,6-20H2,1-5H3;2-12H2,1H3,(H4,14,15,16);2*1H/q+1;;;/p-1. The lowest BCUT2D eigenvalue weighted by Gasteiger charge is -2.30. The van der Waals surface area contributed by atoms with Crippen LogP contribution in [0.5, 0.6) is 0 Å². The Morgan fingerprint density at radius 2 is 0.875 bits per heavy atom. The molecule has 0 amide bonds. The van der Waals surface area contributed by atoms with Crippen LogP contribution in [0.15, 0.2) is 4.99 Å². The number of guanidine groups is 1. The Balaban J connectivity index is -0.000000322. The molecule has 0 heterocycles. The van der Waals surface area contributed by atoms with E-state index < -0.39 is 0 Å². The fourth-order valence-corrected chi connectivity index (χ4v) is 5.04. The van der Waals surface area contributed by atoms with E-state index in [0.29, 0.717) is 0 Å². The summed E-state index contributed by atoms with van der Waals surface area (Å²) in [4.78, 5) is 3.96. The lowest BCUT2D eigenvalue weighted by molar-refractivity contribution is -0.890. The maximum absolute atomic E-state index is 5.24. The Kier molecular flexibility index (Phi) is 43.1. The summed E-state index contributed by atoms with van der Waals surface area (Å²) in [5, 5.41) is 0. The number of rotatable bonds is 27. The van der Waals surface area contributed by atoms with Crippen molar-refractivity contribution in [1.82, 2.24) is 0 Å². The van der Waals surface area contributed by atoms with E-state index >= 15 is 0 Å². The molecule has 0 radical (unpaired) electrons. The second kappa shape index (κ2) is 36.8. The van der Waals surface area contributed by atoms with Gasteiger partial charge in [-0.1, -0.05) is 143 Å². The largest absolute Gasteiger partial charge is 1.00 e. The zero-order valence-corrected chi connectivity index (χ0v) is 29.9. The van der Waals surface area contributed by atoms with E-state index in [4.69, 9.17) is 11.5 Å². The van der Waals surface area contributed by atoms with Gasteiger partial charge in [-0.25, -0.2) is 0 Å². The highest BCUT2D eigenvalue weighted by molar-refractivity contribution is 5.85. The van der Waals surface area contributed by atoms with Crippen molar-refractivity contribution in [3.63, 3.8) is 0 Å². The predicted molar refractivity (Wildman–Crippen MR) is 182 cm³/mol. The van der Waals surface area contributed by atoms with Crippen molar-refractivity contribution in [2.24, 2.45) is 22.4 Å². The molecular formula is C34H76Cl2N4. The Morgan fingerprint density at radius 1 is 0.550 bits per heavy atom. The van der Waals surface area contributed by atoms with Crippen LogP contribution in [-0.2, 0) is 0 Å². The van der Waals surface area contributed by atoms with Gasteiger partial charge in [0.2, 0.25) is 0 Å². The number of nitrogens with zero attached hydrogens (tertiary/aromatic N) is 2. The highest BCUT2D eigenvalue weighted by atomic mass is 35.5. The first-order chi connectivity index (χ1) is 18.2. The Hall–Kier alpha value is -0.190. The zero-order chi connectivity index (χ0) is 28.7. The Labute approximate surface area is 266 Å². The topological polar surface area (TPSA) is 64.4 Å². The minimum Gasteiger partial charge on any atom is -1.00 e. The molecule has 246 valence electrons. The third-order valence-electron chi connectivity index (χ3n) is 7.72. The van der Waals surface area contributed by atoms with E-state index in [0.717, 1.165) is 18.9 Å². The van der Waals surface area contributed by atoms with Gasteiger partial charge in [-0.15, -0.1) is 12.4 Å². The molecular weight excluding hydrogens is 535 g/mol. The van der Waals surface area contributed by atoms with Gasteiger partial charge in [-0.2, -0.15) is 0 Å². The van der Waals surface area contributed by atoms with Gasteiger partial charge in [0.25, 0.3) is 0 Å². The molecule has 0 rings (SSSR count). The number of hydrogen-bond acceptors (Lipinski definition) is 1. The molecule has 0 aromatic heterocycles. The highest BCUT2D eigenvalue weighted by Gasteiger charge is 2.13. The van der Waals surface area contributed by atoms with Gasteiger partial charge in [0.05, 0.1) is 27.2 Å². The zero-order valence-electron chi connectivity index (χ0n) is 28.3. The number of hydrogen-bond donors (Lipinski definition) is 2. The summed E-state index contributed by atoms with van der Waals surface area (Å²) >= 11 is 0. The van der Waals surface area contributed by atoms with Gasteiger partial charge in [-0.3, -0.25) is 4.99 Å². The normalized spacial score (nSPS) is 10.9. The van der Waals surface area contributed by atoms with Crippen LogP contribution in [-0.4, -0.2) is 44.2 Å². The van der Waals surface area contributed by atoms with Crippen molar-refractivity contribution in [1.29, 1.82) is 0 Å². The molecule has 0 fully saturated rings. The van der Waals surface area contributed by atoms with Crippen LogP contribution in [0.2, 0.25) is 0 Å².